The minimum Gasteiger partial charge on any atom is -0.488 e. The second-order valence-corrected chi connectivity index (χ2v) is 3.74. The zero-order chi connectivity index (χ0) is 12.7. The van der Waals surface area contributed by atoms with E-state index in [1.807, 2.05) is 6.92 Å². The lowest BCUT2D eigenvalue weighted by atomic mass is 10.3. The number of nitrogens with one attached hydrogen (secondary N) is 1. The van der Waals surface area contributed by atoms with Crippen LogP contribution in [0.15, 0.2) is 18.2 Å². The van der Waals surface area contributed by atoms with Gasteiger partial charge < -0.3 is 15.2 Å². The number of halogens is 2. The highest BCUT2D eigenvalue weighted by atomic mass is 19.1. The summed E-state index contributed by atoms with van der Waals surface area (Å²) in [6.45, 7) is 3.18. The van der Waals surface area contributed by atoms with Crippen molar-refractivity contribution in [2.75, 3.05) is 19.7 Å². The van der Waals surface area contributed by atoms with Gasteiger partial charge >= 0.3 is 0 Å². The Bertz CT molecular complexity index is 347. The fourth-order valence-corrected chi connectivity index (χ4v) is 1.28. The molecule has 1 unspecified atom stereocenters. The summed E-state index contributed by atoms with van der Waals surface area (Å²) in [5.41, 5.74) is 0. The van der Waals surface area contributed by atoms with Gasteiger partial charge in [0, 0.05) is 12.6 Å². The molecule has 0 spiro atoms. The lowest BCUT2D eigenvalue weighted by Crippen LogP contribution is -2.31. The number of hydrogen-bond donors (Lipinski definition) is 2. The van der Waals surface area contributed by atoms with Crippen molar-refractivity contribution in [1.29, 1.82) is 0 Å². The Hall–Kier alpha value is -1.20. The Morgan fingerprint density at radius 1 is 1.41 bits per heavy atom. The highest BCUT2D eigenvalue weighted by Gasteiger charge is 2.08. The monoisotopic (exact) mass is 245 g/mol. The van der Waals surface area contributed by atoms with Crippen LogP contribution in [-0.4, -0.2) is 30.9 Å². The average Bonchev–Trinajstić information content (AvgIpc) is 2.28. The van der Waals surface area contributed by atoms with Gasteiger partial charge in [0.1, 0.15) is 18.5 Å². The van der Waals surface area contributed by atoms with E-state index in [-0.39, 0.29) is 12.4 Å². The van der Waals surface area contributed by atoms with Crippen LogP contribution in [0, 0.1) is 11.6 Å². The summed E-state index contributed by atoms with van der Waals surface area (Å²) in [4.78, 5) is 0. The third-order valence-corrected chi connectivity index (χ3v) is 2.13. The quantitative estimate of drug-likeness (QED) is 0.718. The molecule has 0 heterocycles. The Morgan fingerprint density at radius 3 is 2.82 bits per heavy atom. The summed E-state index contributed by atoms with van der Waals surface area (Å²) in [5, 5.41) is 12.5. The second-order valence-electron chi connectivity index (χ2n) is 3.74. The van der Waals surface area contributed by atoms with Gasteiger partial charge in [-0.15, -0.1) is 0 Å². The lowest BCUT2D eigenvalue weighted by Gasteiger charge is -2.13. The van der Waals surface area contributed by atoms with Crippen molar-refractivity contribution in [1.82, 2.24) is 5.32 Å². The molecule has 5 heteroatoms. The van der Waals surface area contributed by atoms with Crippen molar-refractivity contribution in [3.8, 4) is 5.75 Å². The molecule has 0 saturated carbocycles. The first-order chi connectivity index (χ1) is 8.13. The van der Waals surface area contributed by atoms with Crippen molar-refractivity contribution in [2.24, 2.45) is 0 Å². The molecule has 2 N–H and O–H groups in total. The van der Waals surface area contributed by atoms with Crippen molar-refractivity contribution in [3.63, 3.8) is 0 Å². The molecule has 0 aliphatic rings. The second kappa shape index (κ2) is 7.19. The molecule has 0 saturated heterocycles. The third-order valence-electron chi connectivity index (χ3n) is 2.13. The standard InChI is InChI=1S/C12H17F2NO2/c1-2-5-15-7-10(16)8-17-12-4-3-9(13)6-11(12)14/h3-4,6,10,15-16H,2,5,7-8H2,1H3. The van der Waals surface area contributed by atoms with Gasteiger partial charge in [-0.05, 0) is 25.1 Å². The van der Waals surface area contributed by atoms with E-state index in [0.29, 0.717) is 6.54 Å². The first-order valence-corrected chi connectivity index (χ1v) is 5.60. The summed E-state index contributed by atoms with van der Waals surface area (Å²) in [5.74, 6) is -1.47. The summed E-state index contributed by atoms with van der Waals surface area (Å²) in [6.07, 6.45) is 0.256. The topological polar surface area (TPSA) is 41.5 Å². The molecular weight excluding hydrogens is 228 g/mol. The van der Waals surface area contributed by atoms with Gasteiger partial charge in [0.25, 0.3) is 0 Å². The molecule has 3 nitrogen and oxygen atoms in total. The number of hydrogen-bond acceptors (Lipinski definition) is 3. The highest BCUT2D eigenvalue weighted by Crippen LogP contribution is 2.17. The highest BCUT2D eigenvalue weighted by molar-refractivity contribution is 5.24. The van der Waals surface area contributed by atoms with Gasteiger partial charge in [0.15, 0.2) is 11.6 Å². The summed E-state index contributed by atoms with van der Waals surface area (Å²) in [7, 11) is 0. The summed E-state index contributed by atoms with van der Waals surface area (Å²) < 4.78 is 30.8. The molecule has 0 bridgehead atoms. The molecule has 0 radical (unpaired) electrons. The van der Waals surface area contributed by atoms with Crippen LogP contribution < -0.4 is 10.1 Å². The molecule has 1 aromatic rings. The van der Waals surface area contributed by atoms with E-state index in [9.17, 15) is 13.9 Å². The van der Waals surface area contributed by atoms with E-state index in [0.717, 1.165) is 25.1 Å². The molecule has 1 atom stereocenters. The smallest absolute Gasteiger partial charge is 0.167 e. The van der Waals surface area contributed by atoms with Gasteiger partial charge in [0.2, 0.25) is 0 Å². The maximum absolute atomic E-state index is 13.1. The van der Waals surface area contributed by atoms with Gasteiger partial charge in [-0.2, -0.15) is 0 Å². The largest absolute Gasteiger partial charge is 0.488 e. The summed E-state index contributed by atoms with van der Waals surface area (Å²) in [6, 6.07) is 3.06. The van der Waals surface area contributed by atoms with Crippen molar-refractivity contribution in [3.05, 3.63) is 29.8 Å². The lowest BCUT2D eigenvalue weighted by molar-refractivity contribution is 0.104. The molecule has 0 aliphatic heterocycles. The molecule has 0 aromatic heterocycles. The van der Waals surface area contributed by atoms with Crippen LogP contribution in [0.4, 0.5) is 8.78 Å². The number of aliphatic hydroxyl groups is 1. The van der Waals surface area contributed by atoms with Crippen molar-refractivity contribution in [2.45, 2.75) is 19.4 Å². The van der Waals surface area contributed by atoms with Crippen LogP contribution in [-0.2, 0) is 0 Å². The Balaban J connectivity index is 2.34. The zero-order valence-corrected chi connectivity index (χ0v) is 9.75. The maximum Gasteiger partial charge on any atom is 0.167 e. The van der Waals surface area contributed by atoms with Crippen molar-refractivity contribution < 1.29 is 18.6 Å². The predicted molar refractivity (Wildman–Crippen MR) is 61.0 cm³/mol. The van der Waals surface area contributed by atoms with Crippen LogP contribution >= 0.6 is 0 Å². The maximum atomic E-state index is 13.1. The van der Waals surface area contributed by atoms with E-state index < -0.39 is 17.7 Å². The molecule has 0 aliphatic carbocycles. The molecule has 17 heavy (non-hydrogen) atoms. The Morgan fingerprint density at radius 2 is 2.18 bits per heavy atom. The number of rotatable bonds is 7. The predicted octanol–water partition coefficient (Wildman–Crippen LogP) is 1.70. The normalized spacial score (nSPS) is 12.5. The van der Waals surface area contributed by atoms with Crippen LogP contribution in [0.3, 0.4) is 0 Å². The third kappa shape index (κ3) is 5.10. The molecule has 0 fully saturated rings. The van der Waals surface area contributed by atoms with E-state index in [4.69, 9.17) is 4.74 Å². The fraction of sp³-hybridized carbons (Fsp3) is 0.500. The minimum absolute atomic E-state index is 0.0285. The molecular formula is C12H17F2NO2. The zero-order valence-electron chi connectivity index (χ0n) is 9.75. The first kappa shape index (κ1) is 13.9. The molecule has 96 valence electrons. The minimum atomic E-state index is -0.765. The van der Waals surface area contributed by atoms with E-state index in [1.165, 1.54) is 6.07 Å². The summed E-state index contributed by atoms with van der Waals surface area (Å²) >= 11 is 0. The molecule has 0 amide bonds. The number of ether oxygens (including phenoxy) is 1. The van der Waals surface area contributed by atoms with Crippen molar-refractivity contribution >= 4 is 0 Å². The van der Waals surface area contributed by atoms with Crippen LogP contribution in [0.5, 0.6) is 5.75 Å². The van der Waals surface area contributed by atoms with Gasteiger partial charge in [-0.1, -0.05) is 6.92 Å². The Labute approximate surface area is 99.4 Å². The average molecular weight is 245 g/mol. The SMILES string of the molecule is CCCNCC(O)COc1ccc(F)cc1F. The Kier molecular flexibility index (Phi) is 5.86. The molecule has 1 aromatic carbocycles. The van der Waals surface area contributed by atoms with E-state index >= 15 is 0 Å². The van der Waals surface area contributed by atoms with Crippen LogP contribution in [0.1, 0.15) is 13.3 Å². The van der Waals surface area contributed by atoms with Gasteiger partial charge in [-0.3, -0.25) is 0 Å². The first-order valence-electron chi connectivity index (χ1n) is 5.60. The van der Waals surface area contributed by atoms with E-state index in [1.54, 1.807) is 0 Å². The van der Waals surface area contributed by atoms with Gasteiger partial charge in [-0.25, -0.2) is 8.78 Å². The fourth-order valence-electron chi connectivity index (χ4n) is 1.28. The van der Waals surface area contributed by atoms with Crippen LogP contribution in [0.2, 0.25) is 0 Å². The van der Waals surface area contributed by atoms with Crippen LogP contribution in [0.25, 0.3) is 0 Å². The van der Waals surface area contributed by atoms with E-state index in [2.05, 4.69) is 5.32 Å². The number of benzene rings is 1. The van der Waals surface area contributed by atoms with Gasteiger partial charge in [0.05, 0.1) is 0 Å². The number of aliphatic hydroxyl groups excluding tert-OH is 1. The molecule has 1 rings (SSSR count).